The molecule has 2 aromatic heterocycles. The van der Waals surface area contributed by atoms with Crippen LogP contribution >= 0.6 is 0 Å². The highest BCUT2D eigenvalue weighted by molar-refractivity contribution is 5.89. The number of anilines is 1. The van der Waals surface area contributed by atoms with Gasteiger partial charge in [-0.3, -0.25) is 4.57 Å². The van der Waals surface area contributed by atoms with E-state index in [1.54, 1.807) is 44.8 Å². The molecule has 1 aliphatic heterocycles. The van der Waals surface area contributed by atoms with Gasteiger partial charge in [0.25, 0.3) is 0 Å². The molecule has 1 unspecified atom stereocenters. The van der Waals surface area contributed by atoms with Gasteiger partial charge in [-0.2, -0.15) is 0 Å². The summed E-state index contributed by atoms with van der Waals surface area (Å²) in [4.78, 5) is 28.6. The topological polar surface area (TPSA) is 130 Å². The molecule has 68 heavy (non-hydrogen) atoms. The van der Waals surface area contributed by atoms with Crippen molar-refractivity contribution in [1.82, 2.24) is 19.5 Å². The average molecular weight is 900 g/mol. The zero-order valence-corrected chi connectivity index (χ0v) is 37.5. The lowest BCUT2D eigenvalue weighted by Gasteiger charge is -2.43. The minimum absolute atomic E-state index is 0.171. The van der Waals surface area contributed by atoms with Crippen LogP contribution in [0, 0.1) is 0 Å². The Morgan fingerprint density at radius 3 is 1.59 bits per heavy atom. The summed E-state index contributed by atoms with van der Waals surface area (Å²) in [6, 6.07) is 64.7. The molecule has 0 bridgehead atoms. The van der Waals surface area contributed by atoms with Crippen LogP contribution in [0.15, 0.2) is 213 Å². The molecule has 0 saturated carbocycles. The fraction of sp³-hybridized carbons (Fsp3) is 0.158. The highest BCUT2D eigenvalue weighted by atomic mass is 16.6. The fourth-order valence-electron chi connectivity index (χ4n) is 9.79. The van der Waals surface area contributed by atoms with Crippen molar-refractivity contribution in [3.8, 4) is 11.5 Å². The number of nitrogens with one attached hydrogen (secondary N) is 1. The Bertz CT molecular complexity index is 3010. The van der Waals surface area contributed by atoms with E-state index in [-0.39, 0.29) is 6.42 Å². The van der Waals surface area contributed by atoms with Crippen LogP contribution in [0.5, 0.6) is 11.5 Å². The molecular weight excluding hydrogens is 851 g/mol. The van der Waals surface area contributed by atoms with Crippen LogP contribution in [0.4, 0.5) is 5.82 Å². The Labute approximate surface area is 394 Å². The van der Waals surface area contributed by atoms with Crippen molar-refractivity contribution in [1.29, 1.82) is 0 Å². The molecule has 2 N–H and O–H groups in total. The number of imidazole rings is 1. The molecule has 1 fully saturated rings. The van der Waals surface area contributed by atoms with Gasteiger partial charge in [-0.05, 0) is 69.8 Å². The van der Waals surface area contributed by atoms with Crippen molar-refractivity contribution < 1.29 is 28.8 Å². The van der Waals surface area contributed by atoms with Gasteiger partial charge >= 0.3 is 5.97 Å². The molecule has 4 atom stereocenters. The summed E-state index contributed by atoms with van der Waals surface area (Å²) >= 11 is 0. The number of hydrogen-bond acceptors (Lipinski definition) is 10. The molecule has 10 rings (SSSR count). The van der Waals surface area contributed by atoms with Gasteiger partial charge in [-0.15, -0.1) is 0 Å². The number of ether oxygens (including phenoxy) is 4. The van der Waals surface area contributed by atoms with Crippen molar-refractivity contribution in [3.05, 3.63) is 252 Å². The SMILES string of the molecule is COc1ccc(C(Nc2ncnc3c2ncn3[C@H]2C[C@@H](OC(=O)c3ccccc3)[C@H](C(O)C(c3ccccc3)(c3ccccc3)c3ccc(OC)cc3)O2)(c2ccccc2)c2ccccc2)cc1. The van der Waals surface area contributed by atoms with Gasteiger partial charge in [0.15, 0.2) is 17.0 Å². The molecule has 0 aliphatic carbocycles. The van der Waals surface area contributed by atoms with Gasteiger partial charge in [0.05, 0.1) is 31.5 Å². The van der Waals surface area contributed by atoms with Crippen molar-refractivity contribution in [2.45, 2.75) is 41.9 Å². The highest BCUT2D eigenvalue weighted by Gasteiger charge is 2.54. The molecule has 1 aliphatic rings. The van der Waals surface area contributed by atoms with Crippen LogP contribution in [0.2, 0.25) is 0 Å². The molecular formula is C57H49N5O6. The lowest BCUT2D eigenvalue weighted by Crippen LogP contribution is -2.52. The maximum absolute atomic E-state index is 14.0. The molecule has 0 radical (unpaired) electrons. The number of nitrogens with zero attached hydrogens (tertiary/aromatic N) is 4. The summed E-state index contributed by atoms with van der Waals surface area (Å²) in [6.07, 6.45) is -0.746. The summed E-state index contributed by atoms with van der Waals surface area (Å²) in [7, 11) is 3.27. The maximum atomic E-state index is 14.0. The van der Waals surface area contributed by atoms with Crippen LogP contribution in [0.3, 0.4) is 0 Å². The Morgan fingerprint density at radius 2 is 1.07 bits per heavy atom. The second kappa shape index (κ2) is 19.0. The minimum atomic E-state index is -1.32. The predicted octanol–water partition coefficient (Wildman–Crippen LogP) is 10.2. The van der Waals surface area contributed by atoms with E-state index in [1.807, 2.05) is 156 Å². The van der Waals surface area contributed by atoms with Gasteiger partial charge in [-0.25, -0.2) is 19.7 Å². The molecule has 0 amide bonds. The molecule has 1 saturated heterocycles. The van der Waals surface area contributed by atoms with E-state index in [0.717, 1.165) is 39.1 Å². The van der Waals surface area contributed by atoms with E-state index < -0.39 is 41.5 Å². The van der Waals surface area contributed by atoms with Crippen molar-refractivity contribution in [3.63, 3.8) is 0 Å². The number of carbonyl (C=O) groups excluding carboxylic acids is 1. The van der Waals surface area contributed by atoms with Crippen LogP contribution < -0.4 is 14.8 Å². The van der Waals surface area contributed by atoms with Crippen molar-refractivity contribution in [2.24, 2.45) is 0 Å². The number of aliphatic hydroxyl groups excluding tert-OH is 1. The molecule has 11 nitrogen and oxygen atoms in total. The van der Waals surface area contributed by atoms with Gasteiger partial charge in [0, 0.05) is 6.42 Å². The Balaban J connectivity index is 1.10. The highest BCUT2D eigenvalue weighted by Crippen LogP contribution is 2.48. The third-order valence-electron chi connectivity index (χ3n) is 13.1. The second-order valence-corrected chi connectivity index (χ2v) is 16.7. The van der Waals surface area contributed by atoms with Crippen molar-refractivity contribution >= 4 is 23.0 Å². The van der Waals surface area contributed by atoms with Crippen LogP contribution in [-0.4, -0.2) is 63.1 Å². The van der Waals surface area contributed by atoms with E-state index in [2.05, 4.69) is 29.6 Å². The Kier molecular flexibility index (Phi) is 12.2. The van der Waals surface area contributed by atoms with Crippen LogP contribution in [0.1, 0.15) is 56.4 Å². The molecule has 0 spiro atoms. The summed E-state index contributed by atoms with van der Waals surface area (Å²) in [6.45, 7) is 0. The van der Waals surface area contributed by atoms with Crippen LogP contribution in [0.25, 0.3) is 11.2 Å². The van der Waals surface area contributed by atoms with Gasteiger partial charge in [0.1, 0.15) is 47.9 Å². The van der Waals surface area contributed by atoms with E-state index in [9.17, 15) is 9.90 Å². The smallest absolute Gasteiger partial charge is 0.338 e. The Hall–Kier alpha value is -8.12. The van der Waals surface area contributed by atoms with E-state index >= 15 is 0 Å². The zero-order chi connectivity index (χ0) is 46.5. The summed E-state index contributed by atoms with van der Waals surface area (Å²) in [5.74, 6) is 1.34. The van der Waals surface area contributed by atoms with Gasteiger partial charge in [-0.1, -0.05) is 164 Å². The lowest BCUT2D eigenvalue weighted by molar-refractivity contribution is -0.0989. The number of hydrogen-bond donors (Lipinski definition) is 2. The van der Waals surface area contributed by atoms with E-state index in [1.165, 1.54) is 6.33 Å². The number of fused-ring (bicyclic) bond motifs is 1. The molecule has 338 valence electrons. The standard InChI is InChI=1S/C57H49N5O6/c1-65-46-32-28-42(29-33-46)56(40-20-10-4-11-21-40,41-22-12-5-13-23-41)52(63)51-48(67-55(64)39-18-8-3-9-19-39)36-49(68-51)62-38-60-50-53(58-37-59-54(50)62)61-57(43-24-14-6-15-25-43,44-26-16-7-17-27-44)45-30-34-47(66-2)35-31-45/h3-35,37-38,48-49,51-52,63H,36H2,1-2H3,(H,58,59,61)/t48-,49-,51-,52?/m1/s1. The number of aliphatic hydroxyl groups is 1. The van der Waals surface area contributed by atoms with Gasteiger partial charge in [0.2, 0.25) is 0 Å². The fourth-order valence-corrected chi connectivity index (χ4v) is 9.79. The second-order valence-electron chi connectivity index (χ2n) is 16.7. The van der Waals surface area contributed by atoms with Crippen LogP contribution in [-0.2, 0) is 20.4 Å². The number of methoxy groups -OCH3 is 2. The van der Waals surface area contributed by atoms with E-state index in [0.29, 0.717) is 28.3 Å². The molecule has 9 aromatic rings. The number of rotatable bonds is 15. The minimum Gasteiger partial charge on any atom is -0.497 e. The van der Waals surface area contributed by atoms with E-state index in [4.69, 9.17) is 33.9 Å². The molecule has 7 aromatic carbocycles. The molecule has 3 heterocycles. The third kappa shape index (κ3) is 7.91. The third-order valence-corrected chi connectivity index (χ3v) is 13.1. The zero-order valence-electron chi connectivity index (χ0n) is 37.5. The first kappa shape index (κ1) is 43.8. The van der Waals surface area contributed by atoms with Gasteiger partial charge < -0.3 is 29.4 Å². The molecule has 11 heteroatoms. The number of benzene rings is 7. The first-order chi connectivity index (χ1) is 33.4. The summed E-state index contributed by atoms with van der Waals surface area (Å²) in [5, 5.41) is 17.3. The largest absolute Gasteiger partial charge is 0.497 e. The average Bonchev–Trinajstić information content (AvgIpc) is 4.05. The first-order valence-electron chi connectivity index (χ1n) is 22.5. The lowest BCUT2D eigenvalue weighted by atomic mass is 9.64. The monoisotopic (exact) mass is 899 g/mol. The summed E-state index contributed by atoms with van der Waals surface area (Å²) in [5.41, 5.74) is 4.49. The summed E-state index contributed by atoms with van der Waals surface area (Å²) < 4.78 is 26.5. The normalized spacial score (nSPS) is 16.5. The Morgan fingerprint density at radius 1 is 0.618 bits per heavy atom. The van der Waals surface area contributed by atoms with Crippen molar-refractivity contribution in [2.75, 3.05) is 19.5 Å². The quantitative estimate of drug-likeness (QED) is 0.0758. The predicted molar refractivity (Wildman–Crippen MR) is 261 cm³/mol. The number of aromatic nitrogens is 4. The number of carbonyl (C=O) groups is 1. The number of esters is 1. The first-order valence-corrected chi connectivity index (χ1v) is 22.5. The maximum Gasteiger partial charge on any atom is 0.338 e.